The highest BCUT2D eigenvalue weighted by atomic mass is 32.2. The van der Waals surface area contributed by atoms with Crippen LogP contribution in [-0.2, 0) is 19.6 Å². The molecule has 0 aliphatic heterocycles. The quantitative estimate of drug-likeness (QED) is 0.649. The standard InChI is InChI=1S/C14H20N2O6S/c1-10(14(18)19)16(2)13(17)11-4-6-12(7-5-11)23(20,21)15-8-9-22-3/h4-7,10,15H,8-9H2,1-3H3,(H,18,19). The predicted octanol–water partition coefficient (Wildman–Crippen LogP) is 0.156. The van der Waals surface area contributed by atoms with Crippen LogP contribution in [0.5, 0.6) is 0 Å². The van der Waals surface area contributed by atoms with Gasteiger partial charge < -0.3 is 14.7 Å². The van der Waals surface area contributed by atoms with Gasteiger partial charge in [-0.2, -0.15) is 0 Å². The second kappa shape index (κ2) is 8.04. The molecule has 9 heteroatoms. The Labute approximate surface area is 135 Å². The van der Waals surface area contributed by atoms with E-state index in [4.69, 9.17) is 9.84 Å². The van der Waals surface area contributed by atoms with Gasteiger partial charge in [-0.3, -0.25) is 4.79 Å². The normalized spacial score (nSPS) is 12.7. The summed E-state index contributed by atoms with van der Waals surface area (Å²) >= 11 is 0. The molecule has 0 spiro atoms. The van der Waals surface area contributed by atoms with E-state index >= 15 is 0 Å². The number of carboxylic acids is 1. The Balaban J connectivity index is 2.88. The maximum absolute atomic E-state index is 12.1. The summed E-state index contributed by atoms with van der Waals surface area (Å²) in [7, 11) is -0.839. The molecule has 0 saturated carbocycles. The van der Waals surface area contributed by atoms with Crippen molar-refractivity contribution in [1.82, 2.24) is 9.62 Å². The number of aliphatic carboxylic acids is 1. The van der Waals surface area contributed by atoms with Gasteiger partial charge in [-0.15, -0.1) is 0 Å². The minimum Gasteiger partial charge on any atom is -0.480 e. The van der Waals surface area contributed by atoms with E-state index in [1.54, 1.807) is 0 Å². The number of likely N-dealkylation sites (N-methyl/N-ethyl adjacent to an activating group) is 1. The number of carbonyl (C=O) groups excluding carboxylic acids is 1. The SMILES string of the molecule is COCCNS(=O)(=O)c1ccc(C(=O)N(C)C(C)C(=O)O)cc1. The molecule has 0 aliphatic rings. The number of sulfonamides is 1. The molecule has 0 fully saturated rings. The molecule has 0 aromatic heterocycles. The molecule has 1 atom stereocenters. The van der Waals surface area contributed by atoms with Crippen LogP contribution >= 0.6 is 0 Å². The van der Waals surface area contributed by atoms with E-state index in [0.717, 1.165) is 4.90 Å². The fourth-order valence-electron chi connectivity index (χ4n) is 1.68. The van der Waals surface area contributed by atoms with Gasteiger partial charge >= 0.3 is 5.97 Å². The molecule has 128 valence electrons. The molecule has 2 N–H and O–H groups in total. The van der Waals surface area contributed by atoms with Crippen LogP contribution in [-0.4, -0.2) is 63.7 Å². The summed E-state index contributed by atoms with van der Waals surface area (Å²) < 4.78 is 31.1. The first-order valence-corrected chi connectivity index (χ1v) is 8.27. The first kappa shape index (κ1) is 19.1. The van der Waals surface area contributed by atoms with Gasteiger partial charge in [0.1, 0.15) is 6.04 Å². The van der Waals surface area contributed by atoms with Gasteiger partial charge in [0, 0.05) is 26.3 Å². The minimum absolute atomic E-state index is 0.0130. The number of benzene rings is 1. The number of carbonyl (C=O) groups is 2. The summed E-state index contributed by atoms with van der Waals surface area (Å²) in [5.74, 6) is -1.63. The number of ether oxygens (including phenoxy) is 1. The van der Waals surface area contributed by atoms with E-state index in [1.807, 2.05) is 0 Å². The number of methoxy groups -OCH3 is 1. The molecule has 0 bridgehead atoms. The number of nitrogens with one attached hydrogen (secondary N) is 1. The molecule has 1 unspecified atom stereocenters. The van der Waals surface area contributed by atoms with E-state index in [9.17, 15) is 18.0 Å². The molecular weight excluding hydrogens is 324 g/mol. The second-order valence-electron chi connectivity index (χ2n) is 4.85. The van der Waals surface area contributed by atoms with E-state index < -0.39 is 27.9 Å². The third-order valence-corrected chi connectivity index (χ3v) is 4.75. The Kier molecular flexibility index (Phi) is 6.67. The zero-order valence-corrected chi connectivity index (χ0v) is 14.0. The highest BCUT2D eigenvalue weighted by Crippen LogP contribution is 2.13. The average Bonchev–Trinajstić information content (AvgIpc) is 2.53. The van der Waals surface area contributed by atoms with Crippen molar-refractivity contribution in [3.8, 4) is 0 Å². The number of amides is 1. The van der Waals surface area contributed by atoms with Crippen LogP contribution in [0.3, 0.4) is 0 Å². The summed E-state index contributed by atoms with van der Waals surface area (Å²) in [4.78, 5) is 24.1. The van der Waals surface area contributed by atoms with Crippen LogP contribution < -0.4 is 4.72 Å². The Bertz CT molecular complexity index is 656. The molecular formula is C14H20N2O6S. The van der Waals surface area contributed by atoms with Crippen molar-refractivity contribution < 1.29 is 27.9 Å². The van der Waals surface area contributed by atoms with Gasteiger partial charge in [-0.05, 0) is 31.2 Å². The highest BCUT2D eigenvalue weighted by Gasteiger charge is 2.23. The number of carboxylic acid groups (broad SMARTS) is 1. The number of hydrogen-bond donors (Lipinski definition) is 2. The minimum atomic E-state index is -3.67. The molecule has 23 heavy (non-hydrogen) atoms. The summed E-state index contributed by atoms with van der Waals surface area (Å²) in [6, 6.07) is 4.29. The Morgan fingerprint density at radius 2 is 1.87 bits per heavy atom. The third kappa shape index (κ3) is 5.02. The molecule has 1 aromatic carbocycles. The topological polar surface area (TPSA) is 113 Å². The van der Waals surface area contributed by atoms with Gasteiger partial charge in [0.25, 0.3) is 5.91 Å². The van der Waals surface area contributed by atoms with Crippen molar-refractivity contribution in [1.29, 1.82) is 0 Å². The van der Waals surface area contributed by atoms with Crippen LogP contribution in [0.1, 0.15) is 17.3 Å². The number of rotatable bonds is 8. The van der Waals surface area contributed by atoms with Crippen LogP contribution in [0.25, 0.3) is 0 Å². The fourth-order valence-corrected chi connectivity index (χ4v) is 2.70. The lowest BCUT2D eigenvalue weighted by Crippen LogP contribution is -2.40. The van der Waals surface area contributed by atoms with Crippen molar-refractivity contribution in [2.75, 3.05) is 27.3 Å². The van der Waals surface area contributed by atoms with E-state index in [2.05, 4.69) is 4.72 Å². The molecule has 0 radical (unpaired) electrons. The van der Waals surface area contributed by atoms with Crippen LogP contribution in [0.2, 0.25) is 0 Å². The maximum Gasteiger partial charge on any atom is 0.326 e. The fraction of sp³-hybridized carbons (Fsp3) is 0.429. The zero-order valence-electron chi connectivity index (χ0n) is 13.1. The summed E-state index contributed by atoms with van der Waals surface area (Å²) in [5.41, 5.74) is 0.205. The predicted molar refractivity (Wildman–Crippen MR) is 82.7 cm³/mol. The average molecular weight is 344 g/mol. The summed E-state index contributed by atoms with van der Waals surface area (Å²) in [6.07, 6.45) is 0. The Morgan fingerprint density at radius 1 is 1.30 bits per heavy atom. The second-order valence-corrected chi connectivity index (χ2v) is 6.61. The Hall–Kier alpha value is -1.97. The first-order chi connectivity index (χ1) is 10.7. The lowest BCUT2D eigenvalue weighted by atomic mass is 10.2. The molecule has 0 aliphatic carbocycles. The van der Waals surface area contributed by atoms with Crippen LogP contribution in [0, 0.1) is 0 Å². The third-order valence-electron chi connectivity index (χ3n) is 3.27. The van der Waals surface area contributed by atoms with Crippen molar-refractivity contribution >= 4 is 21.9 Å². The van der Waals surface area contributed by atoms with E-state index in [-0.39, 0.29) is 23.6 Å². The van der Waals surface area contributed by atoms with Gasteiger partial charge in [0.05, 0.1) is 11.5 Å². The van der Waals surface area contributed by atoms with Gasteiger partial charge in [-0.25, -0.2) is 17.9 Å². The molecule has 1 amide bonds. The lowest BCUT2D eigenvalue weighted by Gasteiger charge is -2.21. The van der Waals surface area contributed by atoms with Crippen LogP contribution in [0.15, 0.2) is 29.2 Å². The van der Waals surface area contributed by atoms with Gasteiger partial charge in [-0.1, -0.05) is 0 Å². The first-order valence-electron chi connectivity index (χ1n) is 6.79. The lowest BCUT2D eigenvalue weighted by molar-refractivity contribution is -0.141. The molecule has 0 heterocycles. The monoisotopic (exact) mass is 344 g/mol. The van der Waals surface area contributed by atoms with E-state index in [1.165, 1.54) is 45.3 Å². The molecule has 8 nitrogen and oxygen atoms in total. The van der Waals surface area contributed by atoms with Crippen molar-refractivity contribution in [3.05, 3.63) is 29.8 Å². The zero-order chi connectivity index (χ0) is 17.6. The van der Waals surface area contributed by atoms with Gasteiger partial charge in [0.15, 0.2) is 0 Å². The summed E-state index contributed by atoms with van der Waals surface area (Å²) in [6.45, 7) is 1.77. The molecule has 1 rings (SSSR count). The van der Waals surface area contributed by atoms with Crippen molar-refractivity contribution in [2.45, 2.75) is 17.9 Å². The van der Waals surface area contributed by atoms with Crippen molar-refractivity contribution in [3.63, 3.8) is 0 Å². The van der Waals surface area contributed by atoms with Gasteiger partial charge in [0.2, 0.25) is 10.0 Å². The van der Waals surface area contributed by atoms with Crippen molar-refractivity contribution in [2.24, 2.45) is 0 Å². The molecule has 1 aromatic rings. The number of nitrogens with zero attached hydrogens (tertiary/aromatic N) is 1. The Morgan fingerprint density at radius 3 is 2.35 bits per heavy atom. The van der Waals surface area contributed by atoms with E-state index in [0.29, 0.717) is 0 Å². The summed E-state index contributed by atoms with van der Waals surface area (Å²) in [5, 5.41) is 8.91. The molecule has 0 saturated heterocycles. The number of hydrogen-bond acceptors (Lipinski definition) is 5. The van der Waals surface area contributed by atoms with Crippen LogP contribution in [0.4, 0.5) is 0 Å². The maximum atomic E-state index is 12.1. The largest absolute Gasteiger partial charge is 0.480 e. The smallest absolute Gasteiger partial charge is 0.326 e. The highest BCUT2D eigenvalue weighted by molar-refractivity contribution is 7.89.